The quantitative estimate of drug-likeness (QED) is 0.774. The fourth-order valence-corrected chi connectivity index (χ4v) is 2.16. The Morgan fingerprint density at radius 1 is 1.25 bits per heavy atom. The second kappa shape index (κ2) is 4.44. The molecule has 1 aliphatic rings. The van der Waals surface area contributed by atoms with Gasteiger partial charge in [-0.15, -0.1) is 0 Å². The van der Waals surface area contributed by atoms with Gasteiger partial charge in [0.15, 0.2) is 0 Å². The Kier molecular flexibility index (Phi) is 3.61. The number of rotatable bonds is 3. The first-order valence-corrected chi connectivity index (χ1v) is 5.80. The van der Waals surface area contributed by atoms with Gasteiger partial charge in [-0.05, 0) is 18.3 Å². The van der Waals surface area contributed by atoms with Crippen LogP contribution in [-0.4, -0.2) is 22.5 Å². The Morgan fingerprint density at radius 3 is 2.12 bits per heavy atom. The number of carbonyl (C=O) groups is 2. The molecular weight excluding hydrogens is 206 g/mol. The predicted octanol–water partition coefficient (Wildman–Crippen LogP) is 1.94. The second-order valence-electron chi connectivity index (χ2n) is 5.88. The van der Waals surface area contributed by atoms with Crippen molar-refractivity contribution in [3.63, 3.8) is 0 Å². The maximum Gasteiger partial charge on any atom is 0.329 e. The third kappa shape index (κ3) is 3.22. The molecule has 1 rings (SSSR count). The van der Waals surface area contributed by atoms with Gasteiger partial charge in [0, 0.05) is 6.42 Å². The normalized spacial score (nSPS) is 19.4. The van der Waals surface area contributed by atoms with E-state index in [1.165, 1.54) is 0 Å². The summed E-state index contributed by atoms with van der Waals surface area (Å²) < 4.78 is 0. The maximum atomic E-state index is 11.7. The van der Waals surface area contributed by atoms with Crippen molar-refractivity contribution in [3.8, 4) is 0 Å². The molecule has 0 heterocycles. The fraction of sp³-hybridized carbons (Fsp3) is 0.833. The lowest BCUT2D eigenvalue weighted by Gasteiger charge is -2.27. The molecule has 0 aromatic carbocycles. The van der Waals surface area contributed by atoms with Gasteiger partial charge in [0.25, 0.3) is 0 Å². The van der Waals surface area contributed by atoms with E-state index in [1.807, 2.05) is 20.8 Å². The Bertz CT molecular complexity index is 285. The van der Waals surface area contributed by atoms with Gasteiger partial charge < -0.3 is 10.4 Å². The van der Waals surface area contributed by atoms with Crippen LogP contribution in [0.25, 0.3) is 0 Å². The monoisotopic (exact) mass is 227 g/mol. The first kappa shape index (κ1) is 13.0. The van der Waals surface area contributed by atoms with Crippen LogP contribution >= 0.6 is 0 Å². The molecule has 1 aliphatic carbocycles. The van der Waals surface area contributed by atoms with Crippen molar-refractivity contribution in [1.29, 1.82) is 0 Å². The van der Waals surface area contributed by atoms with Crippen molar-refractivity contribution < 1.29 is 14.7 Å². The van der Waals surface area contributed by atoms with E-state index in [9.17, 15) is 14.7 Å². The van der Waals surface area contributed by atoms with Crippen molar-refractivity contribution in [2.24, 2.45) is 5.41 Å². The Hall–Kier alpha value is -1.06. The average Bonchev–Trinajstić information content (AvgIpc) is 2.49. The average molecular weight is 227 g/mol. The third-order valence-electron chi connectivity index (χ3n) is 2.94. The smallest absolute Gasteiger partial charge is 0.329 e. The number of carboxylic acid groups (broad SMARTS) is 1. The zero-order chi connectivity index (χ0) is 12.4. The molecule has 4 heteroatoms. The highest BCUT2D eigenvalue weighted by atomic mass is 16.4. The molecule has 0 atom stereocenters. The van der Waals surface area contributed by atoms with Gasteiger partial charge in [0.2, 0.25) is 5.91 Å². The Balaban J connectivity index is 2.63. The summed E-state index contributed by atoms with van der Waals surface area (Å²) in [5, 5.41) is 11.9. The lowest BCUT2D eigenvalue weighted by atomic mass is 9.90. The molecule has 0 unspecified atom stereocenters. The van der Waals surface area contributed by atoms with Crippen LogP contribution < -0.4 is 5.32 Å². The molecular formula is C12H21NO3. The molecule has 0 saturated heterocycles. The van der Waals surface area contributed by atoms with Crippen molar-refractivity contribution in [3.05, 3.63) is 0 Å². The molecule has 2 N–H and O–H groups in total. The number of amides is 1. The van der Waals surface area contributed by atoms with Gasteiger partial charge in [-0.1, -0.05) is 33.6 Å². The van der Waals surface area contributed by atoms with E-state index >= 15 is 0 Å². The Labute approximate surface area is 96.4 Å². The van der Waals surface area contributed by atoms with Gasteiger partial charge in [0.05, 0.1) is 0 Å². The van der Waals surface area contributed by atoms with E-state index in [1.54, 1.807) is 0 Å². The number of aliphatic carboxylic acids is 1. The SMILES string of the molecule is CC(C)(C)CC(=O)NC1(C(=O)O)CCCC1. The highest BCUT2D eigenvalue weighted by Gasteiger charge is 2.42. The van der Waals surface area contributed by atoms with Gasteiger partial charge in [0.1, 0.15) is 5.54 Å². The van der Waals surface area contributed by atoms with Crippen LogP contribution in [0.3, 0.4) is 0 Å². The van der Waals surface area contributed by atoms with E-state index < -0.39 is 11.5 Å². The summed E-state index contributed by atoms with van der Waals surface area (Å²) in [5.74, 6) is -1.05. The summed E-state index contributed by atoms with van der Waals surface area (Å²) in [6.45, 7) is 5.90. The minimum Gasteiger partial charge on any atom is -0.480 e. The van der Waals surface area contributed by atoms with Gasteiger partial charge in [-0.3, -0.25) is 4.79 Å². The lowest BCUT2D eigenvalue weighted by molar-refractivity contribution is -0.147. The molecule has 0 aromatic heterocycles. The first-order chi connectivity index (χ1) is 7.25. The minimum atomic E-state index is -0.998. The van der Waals surface area contributed by atoms with E-state index in [4.69, 9.17) is 0 Å². The minimum absolute atomic E-state index is 0.109. The van der Waals surface area contributed by atoms with Crippen LogP contribution in [-0.2, 0) is 9.59 Å². The summed E-state index contributed by atoms with van der Waals surface area (Å²) in [5.41, 5.74) is -1.11. The summed E-state index contributed by atoms with van der Waals surface area (Å²) >= 11 is 0. The standard InChI is InChI=1S/C12H21NO3/c1-11(2,3)8-9(14)13-12(10(15)16)6-4-5-7-12/h4-8H2,1-3H3,(H,13,14)(H,15,16). The summed E-state index contributed by atoms with van der Waals surface area (Å²) in [6.07, 6.45) is 3.22. The second-order valence-corrected chi connectivity index (χ2v) is 5.88. The summed E-state index contributed by atoms with van der Waals surface area (Å²) in [7, 11) is 0. The van der Waals surface area contributed by atoms with E-state index in [0.717, 1.165) is 12.8 Å². The van der Waals surface area contributed by atoms with Crippen LogP contribution in [0.1, 0.15) is 52.9 Å². The third-order valence-corrected chi connectivity index (χ3v) is 2.94. The zero-order valence-electron chi connectivity index (χ0n) is 10.3. The van der Waals surface area contributed by atoms with E-state index in [-0.39, 0.29) is 11.3 Å². The van der Waals surface area contributed by atoms with E-state index in [2.05, 4.69) is 5.32 Å². The topological polar surface area (TPSA) is 66.4 Å². The number of carboxylic acids is 1. The summed E-state index contributed by atoms with van der Waals surface area (Å²) in [4.78, 5) is 23.0. The molecule has 1 saturated carbocycles. The molecule has 0 aromatic rings. The number of hydrogen-bond acceptors (Lipinski definition) is 2. The lowest BCUT2D eigenvalue weighted by Crippen LogP contribution is -2.53. The van der Waals surface area contributed by atoms with Gasteiger partial charge >= 0.3 is 5.97 Å². The molecule has 16 heavy (non-hydrogen) atoms. The largest absolute Gasteiger partial charge is 0.480 e. The fourth-order valence-electron chi connectivity index (χ4n) is 2.16. The molecule has 4 nitrogen and oxygen atoms in total. The van der Waals surface area contributed by atoms with Crippen LogP contribution in [0.15, 0.2) is 0 Å². The van der Waals surface area contributed by atoms with Crippen molar-refractivity contribution in [2.75, 3.05) is 0 Å². The maximum absolute atomic E-state index is 11.7. The highest BCUT2D eigenvalue weighted by molar-refractivity contribution is 5.87. The van der Waals surface area contributed by atoms with Crippen molar-refractivity contribution in [2.45, 2.75) is 58.4 Å². The molecule has 0 radical (unpaired) electrons. The van der Waals surface area contributed by atoms with Crippen LogP contribution in [0.2, 0.25) is 0 Å². The molecule has 0 aliphatic heterocycles. The molecule has 1 amide bonds. The Morgan fingerprint density at radius 2 is 1.75 bits per heavy atom. The number of carbonyl (C=O) groups excluding carboxylic acids is 1. The molecule has 92 valence electrons. The highest BCUT2D eigenvalue weighted by Crippen LogP contribution is 2.30. The van der Waals surface area contributed by atoms with Crippen LogP contribution in [0.5, 0.6) is 0 Å². The van der Waals surface area contributed by atoms with Crippen LogP contribution in [0.4, 0.5) is 0 Å². The van der Waals surface area contributed by atoms with Gasteiger partial charge in [-0.2, -0.15) is 0 Å². The van der Waals surface area contributed by atoms with Crippen molar-refractivity contribution in [1.82, 2.24) is 5.32 Å². The molecule has 0 spiro atoms. The predicted molar refractivity (Wildman–Crippen MR) is 61.0 cm³/mol. The molecule has 1 fully saturated rings. The van der Waals surface area contributed by atoms with Gasteiger partial charge in [-0.25, -0.2) is 4.79 Å². The summed E-state index contributed by atoms with van der Waals surface area (Å²) in [6, 6.07) is 0. The first-order valence-electron chi connectivity index (χ1n) is 5.80. The molecule has 0 bridgehead atoms. The van der Waals surface area contributed by atoms with Crippen molar-refractivity contribution >= 4 is 11.9 Å². The van der Waals surface area contributed by atoms with Crippen LogP contribution in [0, 0.1) is 5.41 Å². The number of hydrogen-bond donors (Lipinski definition) is 2. The van der Waals surface area contributed by atoms with E-state index in [0.29, 0.717) is 19.3 Å². The zero-order valence-corrected chi connectivity index (χ0v) is 10.3. The number of nitrogens with one attached hydrogen (secondary N) is 1.